The van der Waals surface area contributed by atoms with Crippen LogP contribution >= 0.6 is 0 Å². The normalized spacial score (nSPS) is 8.00. The average Bonchev–Trinajstić information content (AvgIpc) is 1.90. The van der Waals surface area contributed by atoms with E-state index in [0.29, 0.717) is 0 Å². The number of rotatable bonds is 1. The number of benzene rings is 1. The minimum Gasteiger partial charge on any atom is -0.260 e. The van der Waals surface area contributed by atoms with Gasteiger partial charge in [-0.25, -0.2) is 0 Å². The number of nitro benzene ring substituents is 1. The van der Waals surface area contributed by atoms with Crippen LogP contribution in [0.15, 0.2) is 24.3 Å². The third-order valence-corrected chi connectivity index (χ3v) is 0.889. The van der Waals surface area contributed by atoms with Crippen LogP contribution in [-0.2, 0) is 17.1 Å². The first-order valence-electron chi connectivity index (χ1n) is 2.42. The summed E-state index contributed by atoms with van der Waals surface area (Å²) in [5.41, 5.74) is 0.0116. The molecule has 0 atom stereocenters. The number of non-ortho nitro benzene ring substituents is 1. The standard InChI is InChI=1S/C6H4NO2.Cu/c8-7(9)6-4-2-1-3-5-6;/h1-4H;/q-1;+1. The zero-order valence-corrected chi connectivity index (χ0v) is 5.82. The van der Waals surface area contributed by atoms with Crippen molar-refractivity contribution < 1.29 is 22.0 Å². The van der Waals surface area contributed by atoms with E-state index >= 15 is 0 Å². The van der Waals surface area contributed by atoms with Crippen molar-refractivity contribution in [1.29, 1.82) is 0 Å². The summed E-state index contributed by atoms with van der Waals surface area (Å²) >= 11 is 0. The fourth-order valence-electron chi connectivity index (χ4n) is 0.497. The molecule has 0 amide bonds. The summed E-state index contributed by atoms with van der Waals surface area (Å²) in [6.45, 7) is 0. The van der Waals surface area contributed by atoms with Crippen molar-refractivity contribution in [2.24, 2.45) is 0 Å². The predicted molar refractivity (Wildman–Crippen MR) is 31.9 cm³/mol. The molecule has 1 aromatic rings. The number of hydrogen-bond acceptors (Lipinski definition) is 2. The van der Waals surface area contributed by atoms with Crippen LogP contribution in [0.25, 0.3) is 0 Å². The third-order valence-electron chi connectivity index (χ3n) is 0.889. The molecular weight excluding hydrogens is 182 g/mol. The molecule has 0 radical (unpaired) electrons. The van der Waals surface area contributed by atoms with E-state index < -0.39 is 4.92 Å². The van der Waals surface area contributed by atoms with E-state index in [4.69, 9.17) is 0 Å². The maximum Gasteiger partial charge on any atom is 1.00 e. The SMILES string of the molecule is O=[N+]([O-])c1[c-]cccc1.[Cu+]. The molecule has 0 aliphatic carbocycles. The van der Waals surface area contributed by atoms with Crippen LogP contribution in [-0.4, -0.2) is 4.92 Å². The molecule has 56 valence electrons. The zero-order valence-electron chi connectivity index (χ0n) is 4.87. The van der Waals surface area contributed by atoms with Gasteiger partial charge in [0.25, 0.3) is 0 Å². The van der Waals surface area contributed by atoms with Gasteiger partial charge in [-0.2, -0.15) is 18.2 Å². The van der Waals surface area contributed by atoms with Crippen molar-refractivity contribution in [3.63, 3.8) is 0 Å². The molecule has 0 saturated heterocycles. The maximum atomic E-state index is 9.98. The molecule has 0 aromatic heterocycles. The molecule has 0 aliphatic heterocycles. The summed E-state index contributed by atoms with van der Waals surface area (Å²) in [7, 11) is 0. The molecule has 10 heavy (non-hydrogen) atoms. The molecule has 0 bridgehead atoms. The molecule has 0 unspecified atom stereocenters. The fourth-order valence-corrected chi connectivity index (χ4v) is 0.497. The van der Waals surface area contributed by atoms with Gasteiger partial charge in [0, 0.05) is 4.92 Å². The Balaban J connectivity index is 0.000000810. The van der Waals surface area contributed by atoms with E-state index in [9.17, 15) is 10.1 Å². The Morgan fingerprint density at radius 1 is 1.50 bits per heavy atom. The van der Waals surface area contributed by atoms with Crippen LogP contribution in [0.4, 0.5) is 5.69 Å². The first-order chi connectivity index (χ1) is 4.30. The maximum absolute atomic E-state index is 9.98. The van der Waals surface area contributed by atoms with Crippen molar-refractivity contribution in [3.8, 4) is 0 Å². The van der Waals surface area contributed by atoms with Crippen LogP contribution in [0.1, 0.15) is 0 Å². The van der Waals surface area contributed by atoms with E-state index in [-0.39, 0.29) is 22.8 Å². The molecule has 0 heterocycles. The Morgan fingerprint density at radius 3 is 2.50 bits per heavy atom. The van der Waals surface area contributed by atoms with Gasteiger partial charge in [-0.05, 0) is 0 Å². The van der Waals surface area contributed by atoms with Gasteiger partial charge >= 0.3 is 17.1 Å². The number of para-hydroxylation sites is 1. The summed E-state index contributed by atoms with van der Waals surface area (Å²) in [5, 5.41) is 9.98. The largest absolute Gasteiger partial charge is 1.00 e. The molecule has 0 aliphatic rings. The van der Waals surface area contributed by atoms with Crippen LogP contribution in [0, 0.1) is 16.2 Å². The number of hydrogen-bond donors (Lipinski definition) is 0. The smallest absolute Gasteiger partial charge is 0.260 e. The Morgan fingerprint density at radius 2 is 2.20 bits per heavy atom. The topological polar surface area (TPSA) is 43.1 Å². The zero-order chi connectivity index (χ0) is 6.69. The van der Waals surface area contributed by atoms with Gasteiger partial charge in [0.1, 0.15) is 0 Å². The van der Waals surface area contributed by atoms with Crippen LogP contribution in [0.2, 0.25) is 0 Å². The minimum atomic E-state index is -0.472. The van der Waals surface area contributed by atoms with Crippen molar-refractivity contribution in [2.45, 2.75) is 0 Å². The summed E-state index contributed by atoms with van der Waals surface area (Å²) < 4.78 is 0. The van der Waals surface area contributed by atoms with Crippen molar-refractivity contribution in [2.75, 3.05) is 0 Å². The second-order valence-corrected chi connectivity index (χ2v) is 1.50. The molecule has 4 heteroatoms. The summed E-state index contributed by atoms with van der Waals surface area (Å²) in [4.78, 5) is 9.50. The first kappa shape index (κ1) is 9.14. The van der Waals surface area contributed by atoms with E-state index in [2.05, 4.69) is 6.07 Å². The second-order valence-electron chi connectivity index (χ2n) is 1.50. The van der Waals surface area contributed by atoms with Gasteiger partial charge in [0.15, 0.2) is 5.69 Å². The molecule has 0 spiro atoms. The second kappa shape index (κ2) is 4.04. The molecule has 0 saturated carbocycles. The van der Waals surface area contributed by atoms with E-state index in [1.807, 2.05) is 0 Å². The van der Waals surface area contributed by atoms with Crippen molar-refractivity contribution >= 4 is 5.69 Å². The Kier molecular flexibility index (Phi) is 3.69. The minimum absolute atomic E-state index is 0. The molecule has 0 N–H and O–H groups in total. The van der Waals surface area contributed by atoms with Gasteiger partial charge in [0.05, 0.1) is 0 Å². The molecule has 1 aromatic carbocycles. The van der Waals surface area contributed by atoms with Gasteiger partial charge in [-0.15, -0.1) is 6.07 Å². The van der Waals surface area contributed by atoms with Gasteiger partial charge in [0.2, 0.25) is 0 Å². The molecule has 0 fully saturated rings. The summed E-state index contributed by atoms with van der Waals surface area (Å²) in [6, 6.07) is 8.68. The summed E-state index contributed by atoms with van der Waals surface area (Å²) in [5.74, 6) is 0. The van der Waals surface area contributed by atoms with Crippen LogP contribution < -0.4 is 0 Å². The van der Waals surface area contributed by atoms with E-state index in [0.717, 1.165) is 0 Å². The Hall–Kier alpha value is -0.861. The average molecular weight is 186 g/mol. The Bertz CT molecular complexity index is 212. The van der Waals surface area contributed by atoms with Crippen molar-refractivity contribution in [1.82, 2.24) is 0 Å². The monoisotopic (exact) mass is 185 g/mol. The number of nitrogens with zero attached hydrogens (tertiary/aromatic N) is 1. The van der Waals surface area contributed by atoms with E-state index in [1.165, 1.54) is 12.1 Å². The Labute approximate surface area is 68.7 Å². The van der Waals surface area contributed by atoms with Crippen LogP contribution in [0.5, 0.6) is 0 Å². The van der Waals surface area contributed by atoms with Gasteiger partial charge in [-0.1, -0.05) is 6.07 Å². The molecular formula is C6H4CuNO2. The van der Waals surface area contributed by atoms with Gasteiger partial charge in [-0.3, -0.25) is 10.1 Å². The third kappa shape index (κ3) is 2.17. The summed E-state index contributed by atoms with van der Waals surface area (Å²) in [6.07, 6.45) is 0. The van der Waals surface area contributed by atoms with Crippen LogP contribution in [0.3, 0.4) is 0 Å². The quantitative estimate of drug-likeness (QED) is 0.287. The molecule has 1 rings (SSSR count). The van der Waals surface area contributed by atoms with Crippen molar-refractivity contribution in [3.05, 3.63) is 40.4 Å². The molecule has 3 nitrogen and oxygen atoms in total. The number of nitro groups is 1. The fraction of sp³-hybridized carbons (Fsp3) is 0. The predicted octanol–water partition coefficient (Wildman–Crippen LogP) is 1.39. The van der Waals surface area contributed by atoms with Gasteiger partial charge < -0.3 is 0 Å². The van der Waals surface area contributed by atoms with E-state index in [1.54, 1.807) is 12.1 Å². The first-order valence-corrected chi connectivity index (χ1v) is 2.42.